The number of rotatable bonds is 2. The summed E-state index contributed by atoms with van der Waals surface area (Å²) in [6, 6.07) is 6.18. The molecule has 0 spiro atoms. The highest BCUT2D eigenvalue weighted by Crippen LogP contribution is 2.33. The lowest BCUT2D eigenvalue weighted by molar-refractivity contribution is 0.452. The Labute approximate surface area is 116 Å². The first-order chi connectivity index (χ1) is 8.49. The van der Waals surface area contributed by atoms with Crippen LogP contribution in [0.5, 0.6) is 11.6 Å². The maximum atomic E-state index is 5.95. The average Bonchev–Trinajstić information content (AvgIpc) is 2.32. The first-order valence-corrected chi connectivity index (χ1v) is 6.65. The van der Waals surface area contributed by atoms with Gasteiger partial charge in [-0.3, -0.25) is 0 Å². The van der Waals surface area contributed by atoms with Gasteiger partial charge in [0.1, 0.15) is 5.75 Å². The van der Waals surface area contributed by atoms with Gasteiger partial charge in [-0.05, 0) is 71.9 Å². The number of hydrogen-bond donors (Lipinski definition) is 0. The molecule has 0 N–H and O–H groups in total. The van der Waals surface area contributed by atoms with Gasteiger partial charge in [0.2, 0.25) is 5.88 Å². The molecular formula is C15H16BrNO. The zero-order valence-electron chi connectivity index (χ0n) is 11.0. The average molecular weight is 306 g/mol. The van der Waals surface area contributed by atoms with Crippen molar-refractivity contribution in [3.63, 3.8) is 0 Å². The molecule has 0 aliphatic heterocycles. The van der Waals surface area contributed by atoms with Gasteiger partial charge in [-0.1, -0.05) is 12.1 Å². The smallest absolute Gasteiger partial charge is 0.233 e. The minimum absolute atomic E-state index is 0.609. The minimum Gasteiger partial charge on any atom is -0.437 e. The number of halogens is 1. The van der Waals surface area contributed by atoms with Gasteiger partial charge in [-0.2, -0.15) is 0 Å². The van der Waals surface area contributed by atoms with E-state index in [0.29, 0.717) is 5.88 Å². The van der Waals surface area contributed by atoms with Crippen LogP contribution < -0.4 is 4.74 Å². The Morgan fingerprint density at radius 2 is 1.72 bits per heavy atom. The fourth-order valence-electron chi connectivity index (χ4n) is 1.78. The van der Waals surface area contributed by atoms with Crippen molar-refractivity contribution < 1.29 is 4.74 Å². The van der Waals surface area contributed by atoms with Crippen LogP contribution in [-0.4, -0.2) is 4.98 Å². The van der Waals surface area contributed by atoms with E-state index in [2.05, 4.69) is 46.9 Å². The number of hydrogen-bond acceptors (Lipinski definition) is 2. The van der Waals surface area contributed by atoms with E-state index in [1.807, 2.05) is 19.9 Å². The van der Waals surface area contributed by atoms with E-state index in [0.717, 1.165) is 26.9 Å². The van der Waals surface area contributed by atoms with Gasteiger partial charge >= 0.3 is 0 Å². The molecule has 2 rings (SSSR count). The number of nitrogens with zero attached hydrogens (tertiary/aromatic N) is 1. The molecule has 0 aliphatic carbocycles. The van der Waals surface area contributed by atoms with E-state index in [4.69, 9.17) is 4.74 Å². The van der Waals surface area contributed by atoms with E-state index in [1.165, 1.54) is 5.56 Å². The van der Waals surface area contributed by atoms with Gasteiger partial charge < -0.3 is 4.74 Å². The SMILES string of the molecule is Cc1cnc(Oc2c(C)ccc(C)c2C)c(Br)c1. The van der Waals surface area contributed by atoms with Crippen molar-refractivity contribution in [1.82, 2.24) is 4.98 Å². The minimum atomic E-state index is 0.609. The first kappa shape index (κ1) is 13.1. The van der Waals surface area contributed by atoms with Crippen molar-refractivity contribution in [3.8, 4) is 11.6 Å². The first-order valence-electron chi connectivity index (χ1n) is 5.86. The quantitative estimate of drug-likeness (QED) is 0.789. The predicted molar refractivity (Wildman–Crippen MR) is 77.4 cm³/mol. The van der Waals surface area contributed by atoms with Gasteiger partial charge in [-0.25, -0.2) is 4.98 Å². The van der Waals surface area contributed by atoms with Gasteiger partial charge in [0.05, 0.1) is 4.47 Å². The summed E-state index contributed by atoms with van der Waals surface area (Å²) in [5.41, 5.74) is 4.60. The highest BCUT2D eigenvalue weighted by molar-refractivity contribution is 9.10. The molecule has 18 heavy (non-hydrogen) atoms. The molecule has 0 radical (unpaired) electrons. The van der Waals surface area contributed by atoms with E-state index in [9.17, 15) is 0 Å². The van der Waals surface area contributed by atoms with Crippen LogP contribution in [0.3, 0.4) is 0 Å². The van der Waals surface area contributed by atoms with Crippen molar-refractivity contribution in [2.24, 2.45) is 0 Å². The van der Waals surface area contributed by atoms with Crippen LogP contribution in [0.25, 0.3) is 0 Å². The predicted octanol–water partition coefficient (Wildman–Crippen LogP) is 4.87. The summed E-state index contributed by atoms with van der Waals surface area (Å²) >= 11 is 3.48. The van der Waals surface area contributed by atoms with Crippen LogP contribution in [0.4, 0.5) is 0 Å². The molecular weight excluding hydrogens is 290 g/mol. The van der Waals surface area contributed by atoms with Gasteiger partial charge in [-0.15, -0.1) is 0 Å². The molecule has 1 aromatic carbocycles. The lowest BCUT2D eigenvalue weighted by atomic mass is 10.1. The zero-order valence-corrected chi connectivity index (χ0v) is 12.6. The molecule has 0 fully saturated rings. The summed E-state index contributed by atoms with van der Waals surface area (Å²) in [7, 11) is 0. The summed E-state index contributed by atoms with van der Waals surface area (Å²) in [4.78, 5) is 4.32. The largest absolute Gasteiger partial charge is 0.437 e. The van der Waals surface area contributed by atoms with Crippen molar-refractivity contribution in [1.29, 1.82) is 0 Å². The molecule has 0 atom stereocenters. The summed E-state index contributed by atoms with van der Waals surface area (Å²) in [6.07, 6.45) is 1.81. The molecule has 3 heteroatoms. The van der Waals surface area contributed by atoms with E-state index < -0.39 is 0 Å². The molecule has 2 nitrogen and oxygen atoms in total. The zero-order chi connectivity index (χ0) is 13.3. The summed E-state index contributed by atoms with van der Waals surface area (Å²) in [5, 5.41) is 0. The fourth-order valence-corrected chi connectivity index (χ4v) is 2.32. The van der Waals surface area contributed by atoms with E-state index in [-0.39, 0.29) is 0 Å². The highest BCUT2D eigenvalue weighted by Gasteiger charge is 2.10. The lowest BCUT2D eigenvalue weighted by Crippen LogP contribution is -1.96. The van der Waals surface area contributed by atoms with Gasteiger partial charge in [0.25, 0.3) is 0 Å². The normalized spacial score (nSPS) is 10.5. The molecule has 0 aliphatic rings. The summed E-state index contributed by atoms with van der Waals surface area (Å²) in [5.74, 6) is 1.50. The maximum absolute atomic E-state index is 5.95. The van der Waals surface area contributed by atoms with Crippen LogP contribution >= 0.6 is 15.9 Å². The molecule has 0 saturated carbocycles. The van der Waals surface area contributed by atoms with Crippen molar-refractivity contribution >= 4 is 15.9 Å². The van der Waals surface area contributed by atoms with Crippen molar-refractivity contribution in [2.75, 3.05) is 0 Å². The fraction of sp³-hybridized carbons (Fsp3) is 0.267. The topological polar surface area (TPSA) is 22.1 Å². The number of pyridine rings is 1. The second-order valence-corrected chi connectivity index (χ2v) is 5.41. The Hall–Kier alpha value is -1.35. The van der Waals surface area contributed by atoms with Gasteiger partial charge in [0, 0.05) is 6.20 Å². The second-order valence-electron chi connectivity index (χ2n) is 4.56. The van der Waals surface area contributed by atoms with Crippen LogP contribution in [-0.2, 0) is 0 Å². The Kier molecular flexibility index (Phi) is 3.71. The molecule has 0 saturated heterocycles. The van der Waals surface area contributed by atoms with Gasteiger partial charge in [0.15, 0.2) is 0 Å². The molecule has 0 unspecified atom stereocenters. The second kappa shape index (κ2) is 5.11. The van der Waals surface area contributed by atoms with Crippen LogP contribution in [0, 0.1) is 27.7 Å². The monoisotopic (exact) mass is 305 g/mol. The molecule has 0 bridgehead atoms. The van der Waals surface area contributed by atoms with Crippen LogP contribution in [0.15, 0.2) is 28.9 Å². The Balaban J connectivity index is 2.43. The molecule has 1 aromatic heterocycles. The number of aromatic nitrogens is 1. The van der Waals surface area contributed by atoms with E-state index in [1.54, 1.807) is 6.20 Å². The molecule has 0 amide bonds. The third kappa shape index (κ3) is 2.56. The summed E-state index contributed by atoms with van der Waals surface area (Å²) < 4.78 is 6.83. The van der Waals surface area contributed by atoms with Crippen LogP contribution in [0.1, 0.15) is 22.3 Å². The number of benzene rings is 1. The van der Waals surface area contributed by atoms with E-state index >= 15 is 0 Å². The van der Waals surface area contributed by atoms with Crippen molar-refractivity contribution in [3.05, 3.63) is 51.1 Å². The third-order valence-corrected chi connectivity index (χ3v) is 3.58. The Morgan fingerprint density at radius 1 is 1.06 bits per heavy atom. The lowest BCUT2D eigenvalue weighted by Gasteiger charge is -2.13. The van der Waals surface area contributed by atoms with Crippen molar-refractivity contribution in [2.45, 2.75) is 27.7 Å². The Morgan fingerprint density at radius 3 is 2.39 bits per heavy atom. The highest BCUT2D eigenvalue weighted by atomic mass is 79.9. The maximum Gasteiger partial charge on any atom is 0.233 e. The Bertz CT molecular complexity index is 593. The molecule has 2 aromatic rings. The van der Waals surface area contributed by atoms with Crippen LogP contribution in [0.2, 0.25) is 0 Å². The number of aryl methyl sites for hydroxylation is 3. The standard InChI is InChI=1S/C15H16BrNO/c1-9-7-13(16)15(17-8-9)18-14-11(3)6-5-10(2)12(14)4/h5-8H,1-4H3. The number of ether oxygens (including phenoxy) is 1. The summed E-state index contributed by atoms with van der Waals surface area (Å²) in [6.45, 7) is 8.20. The molecule has 1 heterocycles. The molecule has 94 valence electrons. The third-order valence-electron chi connectivity index (χ3n) is 3.02.